The Hall–Kier alpha value is -1.29. The smallest absolute Gasteiger partial charge is 0.153 e. The normalized spacial score (nSPS) is 14.8. The van der Waals surface area contributed by atoms with E-state index in [-0.39, 0.29) is 6.04 Å². The molecule has 4 heteroatoms. The van der Waals surface area contributed by atoms with Crippen LogP contribution in [-0.2, 0) is 0 Å². The molecular formula is C8H14N4. The van der Waals surface area contributed by atoms with Crippen molar-refractivity contribution in [3.63, 3.8) is 0 Å². The molecule has 0 aliphatic carbocycles. The fourth-order valence-electron chi connectivity index (χ4n) is 0.922. The number of nitrogens with two attached hydrogens (primary N) is 2. The summed E-state index contributed by atoms with van der Waals surface area (Å²) in [6, 6.07) is -0.0459. The van der Waals surface area contributed by atoms with Crippen LogP contribution in [0.5, 0.6) is 0 Å². The number of aryl methyl sites for hydroxylation is 1. The molecule has 12 heavy (non-hydrogen) atoms. The van der Waals surface area contributed by atoms with Gasteiger partial charge in [0.25, 0.3) is 0 Å². The molecule has 1 unspecified atom stereocenters. The van der Waals surface area contributed by atoms with E-state index in [0.29, 0.717) is 11.5 Å². The van der Waals surface area contributed by atoms with Crippen LogP contribution < -0.4 is 11.5 Å². The van der Waals surface area contributed by atoms with Gasteiger partial charge in [-0.3, -0.25) is 0 Å². The van der Waals surface area contributed by atoms with Gasteiger partial charge in [0.1, 0.15) is 0 Å². The molecule has 0 spiro atoms. The third-order valence-electron chi connectivity index (χ3n) is 1.42. The van der Waals surface area contributed by atoms with Gasteiger partial charge in [0.15, 0.2) is 5.82 Å². The van der Waals surface area contributed by atoms with E-state index in [2.05, 4.69) is 9.97 Å². The van der Waals surface area contributed by atoms with Gasteiger partial charge in [-0.2, -0.15) is 0 Å². The lowest BCUT2D eigenvalue weighted by atomic mass is 10.3. The lowest BCUT2D eigenvalue weighted by Gasteiger charge is -1.99. The molecule has 0 bridgehead atoms. The van der Waals surface area contributed by atoms with Crippen LogP contribution in [0.15, 0.2) is 12.3 Å². The number of aromatic amines is 1. The van der Waals surface area contributed by atoms with E-state index in [4.69, 9.17) is 11.5 Å². The summed E-state index contributed by atoms with van der Waals surface area (Å²) >= 11 is 0. The number of hydrogen-bond acceptors (Lipinski definition) is 3. The van der Waals surface area contributed by atoms with Gasteiger partial charge in [-0.25, -0.2) is 4.98 Å². The molecule has 1 rings (SSSR count). The largest absolute Gasteiger partial charge is 0.396 e. The summed E-state index contributed by atoms with van der Waals surface area (Å²) in [6.45, 7) is 3.79. The van der Waals surface area contributed by atoms with Crippen LogP contribution in [0.4, 0.5) is 0 Å². The monoisotopic (exact) mass is 166 g/mol. The Bertz CT molecular complexity index is 285. The highest BCUT2D eigenvalue weighted by atomic mass is 14.9. The highest BCUT2D eigenvalue weighted by Crippen LogP contribution is 2.03. The average molecular weight is 166 g/mol. The van der Waals surface area contributed by atoms with Gasteiger partial charge < -0.3 is 16.5 Å². The van der Waals surface area contributed by atoms with Gasteiger partial charge in [0.2, 0.25) is 0 Å². The Morgan fingerprint density at radius 3 is 2.83 bits per heavy atom. The number of nitrogens with zero attached hydrogens (tertiary/aromatic N) is 1. The van der Waals surface area contributed by atoms with Crippen LogP contribution in [-0.4, -0.2) is 16.0 Å². The number of rotatable bonds is 2. The Kier molecular flexibility index (Phi) is 2.50. The molecule has 0 fully saturated rings. The zero-order chi connectivity index (χ0) is 9.14. The molecule has 0 aromatic carbocycles. The first kappa shape index (κ1) is 8.80. The highest BCUT2D eigenvalue weighted by Gasteiger charge is 2.00. The van der Waals surface area contributed by atoms with Gasteiger partial charge in [-0.1, -0.05) is 0 Å². The zero-order valence-corrected chi connectivity index (χ0v) is 7.33. The van der Waals surface area contributed by atoms with Crippen LogP contribution in [0.3, 0.4) is 0 Å². The minimum absolute atomic E-state index is 0.0459. The molecule has 0 saturated carbocycles. The molecule has 0 radical (unpaired) electrons. The number of aromatic nitrogens is 2. The molecule has 1 atom stereocenters. The van der Waals surface area contributed by atoms with Gasteiger partial charge in [-0.15, -0.1) is 0 Å². The van der Waals surface area contributed by atoms with E-state index in [1.54, 1.807) is 12.3 Å². The van der Waals surface area contributed by atoms with E-state index >= 15 is 0 Å². The fraction of sp³-hybridized carbons (Fsp3) is 0.375. The Morgan fingerprint density at radius 1 is 1.75 bits per heavy atom. The first-order valence-corrected chi connectivity index (χ1v) is 3.84. The van der Waals surface area contributed by atoms with E-state index in [1.807, 2.05) is 13.8 Å². The molecule has 1 heterocycles. The first-order chi connectivity index (χ1) is 5.59. The standard InChI is InChI=1S/C8H14N4/c1-5(9)3-7(10)8-11-4-6(2)12-8/h3-5H,9-10H2,1-2H3,(H,11,12)/b7-3+. The van der Waals surface area contributed by atoms with Crippen molar-refractivity contribution in [1.82, 2.24) is 9.97 Å². The quantitative estimate of drug-likeness (QED) is 0.593. The van der Waals surface area contributed by atoms with Crippen molar-refractivity contribution in [2.75, 3.05) is 0 Å². The number of imidazole rings is 1. The fourth-order valence-corrected chi connectivity index (χ4v) is 0.922. The molecule has 1 aromatic rings. The Balaban J connectivity index is 2.84. The molecule has 5 N–H and O–H groups in total. The maximum Gasteiger partial charge on any atom is 0.153 e. The predicted octanol–water partition coefficient (Wildman–Crippen LogP) is 0.365. The van der Waals surface area contributed by atoms with Crippen molar-refractivity contribution in [2.45, 2.75) is 19.9 Å². The maximum absolute atomic E-state index is 5.70. The third kappa shape index (κ3) is 2.10. The Morgan fingerprint density at radius 2 is 2.42 bits per heavy atom. The van der Waals surface area contributed by atoms with Crippen molar-refractivity contribution in [3.8, 4) is 0 Å². The van der Waals surface area contributed by atoms with E-state index in [1.165, 1.54) is 0 Å². The molecule has 4 nitrogen and oxygen atoms in total. The van der Waals surface area contributed by atoms with Crippen LogP contribution in [0.1, 0.15) is 18.4 Å². The zero-order valence-electron chi connectivity index (χ0n) is 7.33. The van der Waals surface area contributed by atoms with Crippen LogP contribution in [0.25, 0.3) is 5.70 Å². The molecule has 1 aromatic heterocycles. The van der Waals surface area contributed by atoms with E-state index in [0.717, 1.165) is 5.69 Å². The number of hydrogen-bond donors (Lipinski definition) is 3. The summed E-state index contributed by atoms with van der Waals surface area (Å²) in [6.07, 6.45) is 3.50. The average Bonchev–Trinajstić information content (AvgIpc) is 2.34. The summed E-state index contributed by atoms with van der Waals surface area (Å²) in [5.74, 6) is 0.685. The SMILES string of the molecule is Cc1cnc(/C(N)=C\C(C)N)[nH]1. The van der Waals surface area contributed by atoms with Gasteiger partial charge in [0, 0.05) is 17.9 Å². The Labute approximate surface area is 71.7 Å². The van der Waals surface area contributed by atoms with Crippen molar-refractivity contribution in [3.05, 3.63) is 23.8 Å². The van der Waals surface area contributed by atoms with Crippen molar-refractivity contribution in [1.29, 1.82) is 0 Å². The number of nitrogens with one attached hydrogen (secondary N) is 1. The molecule has 0 aliphatic heterocycles. The predicted molar refractivity (Wildman–Crippen MR) is 49.1 cm³/mol. The molecule has 0 aliphatic rings. The van der Waals surface area contributed by atoms with Gasteiger partial charge in [-0.05, 0) is 19.9 Å². The van der Waals surface area contributed by atoms with Crippen molar-refractivity contribution < 1.29 is 0 Å². The molecule has 66 valence electrons. The summed E-state index contributed by atoms with van der Waals surface area (Å²) in [4.78, 5) is 7.09. The topological polar surface area (TPSA) is 80.7 Å². The van der Waals surface area contributed by atoms with Gasteiger partial charge in [0.05, 0.1) is 5.70 Å². The maximum atomic E-state index is 5.70. The second-order valence-electron chi connectivity index (χ2n) is 2.90. The van der Waals surface area contributed by atoms with E-state index < -0.39 is 0 Å². The van der Waals surface area contributed by atoms with E-state index in [9.17, 15) is 0 Å². The highest BCUT2D eigenvalue weighted by molar-refractivity contribution is 5.56. The van der Waals surface area contributed by atoms with Crippen molar-refractivity contribution >= 4 is 5.70 Å². The van der Waals surface area contributed by atoms with Crippen LogP contribution in [0, 0.1) is 6.92 Å². The lowest BCUT2D eigenvalue weighted by Crippen LogP contribution is -2.14. The third-order valence-corrected chi connectivity index (χ3v) is 1.42. The van der Waals surface area contributed by atoms with Crippen molar-refractivity contribution in [2.24, 2.45) is 11.5 Å². The summed E-state index contributed by atoms with van der Waals surface area (Å²) in [7, 11) is 0. The second kappa shape index (κ2) is 3.40. The van der Waals surface area contributed by atoms with Crippen LogP contribution >= 0.6 is 0 Å². The minimum Gasteiger partial charge on any atom is -0.396 e. The second-order valence-corrected chi connectivity index (χ2v) is 2.90. The molecule has 0 amide bonds. The van der Waals surface area contributed by atoms with Crippen LogP contribution in [0.2, 0.25) is 0 Å². The van der Waals surface area contributed by atoms with Gasteiger partial charge >= 0.3 is 0 Å². The first-order valence-electron chi connectivity index (χ1n) is 3.84. The number of H-pyrrole nitrogens is 1. The molecule has 0 saturated heterocycles. The summed E-state index contributed by atoms with van der Waals surface area (Å²) in [5.41, 5.74) is 12.8. The lowest BCUT2D eigenvalue weighted by molar-refractivity contribution is 0.923. The molecular weight excluding hydrogens is 152 g/mol. The minimum atomic E-state index is -0.0459. The summed E-state index contributed by atoms with van der Waals surface area (Å²) < 4.78 is 0. The summed E-state index contributed by atoms with van der Waals surface area (Å²) in [5, 5.41) is 0.